The van der Waals surface area contributed by atoms with Crippen molar-refractivity contribution in [3.8, 4) is 0 Å². The van der Waals surface area contributed by atoms with E-state index in [0.29, 0.717) is 12.1 Å². The number of nitrogens with zero attached hydrogens (tertiary/aromatic N) is 8. The molecular weight excluding hydrogens is 591 g/mol. The van der Waals surface area contributed by atoms with Gasteiger partial charge in [0.25, 0.3) is 0 Å². The summed E-state index contributed by atoms with van der Waals surface area (Å²) in [6.45, 7) is 13.8. The van der Waals surface area contributed by atoms with Crippen molar-refractivity contribution >= 4 is 56.4 Å². The van der Waals surface area contributed by atoms with Crippen LogP contribution in [0.25, 0.3) is 21.8 Å². The minimum atomic E-state index is 0.648. The molecule has 0 amide bonds. The largest absolute Gasteiger partial charge is 0.285 e. The lowest BCUT2D eigenvalue weighted by Crippen LogP contribution is -2.77. The first-order valence-electron chi connectivity index (χ1n) is 16.4. The summed E-state index contributed by atoms with van der Waals surface area (Å²) >= 11 is 12.6. The average Bonchev–Trinajstić information content (AvgIpc) is 3.02. The summed E-state index contributed by atoms with van der Waals surface area (Å²) < 4.78 is 2.21. The third kappa shape index (κ3) is 4.27. The molecule has 5 saturated heterocycles. The Morgan fingerprint density at radius 2 is 1.00 bits per heavy atom. The monoisotopic (exact) mass is 630 g/mol. The Morgan fingerprint density at radius 3 is 1.39 bits per heavy atom. The third-order valence-corrected chi connectivity index (χ3v) is 12.3. The first kappa shape index (κ1) is 27.9. The number of hydrogen-bond donors (Lipinski definition) is 0. The highest BCUT2D eigenvalue weighted by molar-refractivity contribution is 6.31. The number of aromatic nitrogens is 2. The van der Waals surface area contributed by atoms with Gasteiger partial charge in [-0.3, -0.25) is 18.9 Å². The van der Waals surface area contributed by atoms with E-state index >= 15 is 0 Å². The molecule has 7 heterocycles. The highest BCUT2D eigenvalue weighted by atomic mass is 35.5. The molecule has 0 bridgehead atoms. The van der Waals surface area contributed by atoms with E-state index in [2.05, 4.69) is 54.3 Å². The van der Waals surface area contributed by atoms with Gasteiger partial charge in [-0.25, -0.2) is 20.0 Å². The summed E-state index contributed by atoms with van der Waals surface area (Å²) in [7, 11) is 0. The zero-order valence-corrected chi connectivity index (χ0v) is 26.7. The number of benzene rings is 2. The molecule has 0 aliphatic carbocycles. The van der Waals surface area contributed by atoms with Gasteiger partial charge in [-0.15, -0.1) is 0 Å². The molecule has 5 aliphatic heterocycles. The lowest BCUT2D eigenvalue weighted by atomic mass is 9.91. The van der Waals surface area contributed by atoms with Crippen LogP contribution in [0.15, 0.2) is 60.9 Å². The van der Waals surface area contributed by atoms with Crippen molar-refractivity contribution in [3.63, 3.8) is 0 Å². The number of piperazine rings is 3. The van der Waals surface area contributed by atoms with Gasteiger partial charge in [-0.2, -0.15) is 0 Å². The van der Waals surface area contributed by atoms with Crippen LogP contribution in [0.1, 0.15) is 12.8 Å². The van der Waals surface area contributed by atoms with Gasteiger partial charge < -0.3 is 0 Å². The molecule has 2 aromatic carbocycles. The number of quaternary nitrogens is 2. The second kappa shape index (κ2) is 10.6. The maximum absolute atomic E-state index is 6.30. The standard InChI is InChI=1S/C34H40Cl2N8/c35-25-1-3-29-31(21-25)37-9-5-33(29)43-17-7-27(43)23-41(15-19-43)39-11-13-40(14-12-39)42-16-20-44(18-8-28(44)24-42)34-6-10-38-32-22-26(36)2-4-30(32)34/h1-6,9-10,21-22,27-28H,7-8,11-20,23-24H2/q+2. The predicted octanol–water partition coefficient (Wildman–Crippen LogP) is 5.03. The lowest BCUT2D eigenvalue weighted by molar-refractivity contribution is -0.159. The molecule has 44 heavy (non-hydrogen) atoms. The molecule has 5 fully saturated rings. The highest BCUT2D eigenvalue weighted by Crippen LogP contribution is 2.44. The molecule has 0 saturated carbocycles. The summed E-state index contributed by atoms with van der Waals surface area (Å²) in [5.41, 5.74) is 4.90. The van der Waals surface area contributed by atoms with Crippen molar-refractivity contribution < 1.29 is 0 Å². The van der Waals surface area contributed by atoms with E-state index in [4.69, 9.17) is 23.2 Å². The van der Waals surface area contributed by atoms with Crippen molar-refractivity contribution in [2.45, 2.75) is 24.9 Å². The fraction of sp³-hybridized carbons (Fsp3) is 0.471. The van der Waals surface area contributed by atoms with E-state index < -0.39 is 0 Å². The zero-order chi connectivity index (χ0) is 29.5. The van der Waals surface area contributed by atoms with Gasteiger partial charge in [-0.05, 0) is 36.4 Å². The Morgan fingerprint density at radius 1 is 0.545 bits per heavy atom. The fourth-order valence-corrected chi connectivity index (χ4v) is 9.55. The van der Waals surface area contributed by atoms with Crippen molar-refractivity contribution in [1.82, 2.24) is 39.0 Å². The number of halogens is 2. The van der Waals surface area contributed by atoms with Crippen LogP contribution in [0.4, 0.5) is 11.4 Å². The summed E-state index contributed by atoms with van der Waals surface area (Å²) in [5.74, 6) is 0. The summed E-state index contributed by atoms with van der Waals surface area (Å²) in [6, 6.07) is 18.2. The van der Waals surface area contributed by atoms with E-state index in [1.54, 1.807) is 0 Å². The van der Waals surface area contributed by atoms with E-state index in [1.807, 2.05) is 36.7 Å². The minimum Gasteiger partial charge on any atom is -0.285 e. The van der Waals surface area contributed by atoms with E-state index in [9.17, 15) is 0 Å². The van der Waals surface area contributed by atoms with Crippen molar-refractivity contribution in [2.24, 2.45) is 0 Å². The molecule has 228 valence electrons. The smallest absolute Gasteiger partial charge is 0.144 e. The SMILES string of the molecule is Clc1ccc2c([N+]34CCC3CN(N3CCN(N5CC[N+]6(c7ccnc8cc(Cl)ccc78)CCC6C5)CC3)CC4)ccnc2c1. The summed E-state index contributed by atoms with van der Waals surface area (Å²) in [6.07, 6.45) is 6.54. The van der Waals surface area contributed by atoms with Gasteiger partial charge in [0, 0.05) is 60.8 Å². The van der Waals surface area contributed by atoms with Crippen LogP contribution in [0.5, 0.6) is 0 Å². The molecule has 2 aromatic heterocycles. The van der Waals surface area contributed by atoms with Crippen LogP contribution in [0.3, 0.4) is 0 Å². The predicted molar refractivity (Wildman–Crippen MR) is 180 cm³/mol. The van der Waals surface area contributed by atoms with Gasteiger partial charge in [0.2, 0.25) is 0 Å². The molecule has 8 nitrogen and oxygen atoms in total. The molecule has 4 atom stereocenters. The van der Waals surface area contributed by atoms with Crippen LogP contribution in [-0.4, -0.2) is 121 Å². The highest BCUT2D eigenvalue weighted by Gasteiger charge is 2.54. The van der Waals surface area contributed by atoms with Crippen LogP contribution in [0, 0.1) is 0 Å². The van der Waals surface area contributed by atoms with Crippen LogP contribution >= 0.6 is 23.2 Å². The lowest BCUT2D eigenvalue weighted by Gasteiger charge is -2.60. The van der Waals surface area contributed by atoms with E-state index in [0.717, 1.165) is 95.5 Å². The first-order valence-corrected chi connectivity index (χ1v) is 17.1. The molecule has 5 aliphatic rings. The molecule has 10 heteroatoms. The normalized spacial score (nSPS) is 31.8. The van der Waals surface area contributed by atoms with Crippen LogP contribution in [-0.2, 0) is 0 Å². The van der Waals surface area contributed by atoms with Gasteiger partial charge in [0.05, 0.1) is 87.0 Å². The molecule has 4 aromatic rings. The third-order valence-electron chi connectivity index (χ3n) is 11.8. The van der Waals surface area contributed by atoms with Crippen molar-refractivity contribution in [3.05, 3.63) is 71.0 Å². The molecular formula is C34H40Cl2N8+2. The average molecular weight is 632 g/mol. The van der Waals surface area contributed by atoms with Crippen LogP contribution in [0.2, 0.25) is 10.0 Å². The number of hydrogen-bond acceptors (Lipinski definition) is 6. The maximum atomic E-state index is 6.30. The number of fused-ring (bicyclic) bond motifs is 4. The number of hydrazine groups is 2. The quantitative estimate of drug-likeness (QED) is 0.295. The summed E-state index contributed by atoms with van der Waals surface area (Å²) in [5, 5.41) is 14.7. The minimum absolute atomic E-state index is 0.648. The molecule has 9 rings (SSSR count). The second-order valence-electron chi connectivity index (χ2n) is 13.6. The Labute approximate surface area is 269 Å². The van der Waals surface area contributed by atoms with Gasteiger partial charge in [-0.1, -0.05) is 23.2 Å². The van der Waals surface area contributed by atoms with Crippen molar-refractivity contribution in [1.29, 1.82) is 0 Å². The molecule has 0 radical (unpaired) electrons. The topological polar surface area (TPSA) is 38.7 Å². The molecule has 0 N–H and O–H groups in total. The summed E-state index contributed by atoms with van der Waals surface area (Å²) in [4.78, 5) is 9.26. The van der Waals surface area contributed by atoms with E-state index in [1.165, 1.54) is 48.1 Å². The number of rotatable bonds is 4. The molecule has 4 unspecified atom stereocenters. The second-order valence-corrected chi connectivity index (χ2v) is 14.4. The Hall–Kier alpha value is -2.40. The van der Waals surface area contributed by atoms with Gasteiger partial charge in [0.15, 0.2) is 0 Å². The van der Waals surface area contributed by atoms with E-state index in [-0.39, 0.29) is 0 Å². The Kier molecular flexibility index (Phi) is 6.70. The fourth-order valence-electron chi connectivity index (χ4n) is 9.22. The zero-order valence-electron chi connectivity index (χ0n) is 25.2. The van der Waals surface area contributed by atoms with Crippen LogP contribution < -0.4 is 8.97 Å². The van der Waals surface area contributed by atoms with Gasteiger partial charge in [0.1, 0.15) is 23.5 Å². The number of pyridine rings is 2. The molecule has 0 spiro atoms. The van der Waals surface area contributed by atoms with Crippen molar-refractivity contribution in [2.75, 3.05) is 78.5 Å². The first-order chi connectivity index (χ1) is 21.5. The Bertz CT molecular complexity index is 1620. The Balaban J connectivity index is 0.844. The van der Waals surface area contributed by atoms with Gasteiger partial charge >= 0.3 is 0 Å². The maximum Gasteiger partial charge on any atom is 0.144 e.